The number of rotatable bonds is 15. The van der Waals surface area contributed by atoms with E-state index >= 15 is 4.39 Å². The molecule has 0 unspecified atom stereocenters. The van der Waals surface area contributed by atoms with E-state index in [0.717, 1.165) is 0 Å². The fraction of sp³-hybridized carbons (Fsp3) is 0.615. The Morgan fingerprint density at radius 1 is 1.09 bits per heavy atom. The molecule has 9 atom stereocenters. The number of Topliss-reactive ketones (excluding diaryl/α,β-unsaturated/α-hetero) is 1. The van der Waals surface area contributed by atoms with Crippen molar-refractivity contribution in [3.05, 3.63) is 63.7 Å². The van der Waals surface area contributed by atoms with Crippen molar-refractivity contribution in [2.45, 2.75) is 102 Å². The lowest BCUT2D eigenvalue weighted by Crippen LogP contribution is -2.70. The lowest BCUT2D eigenvalue weighted by Gasteiger charge is -2.62. The Labute approximate surface area is 317 Å². The van der Waals surface area contributed by atoms with Crippen LogP contribution < -0.4 is 10.5 Å². The van der Waals surface area contributed by atoms with E-state index in [1.165, 1.54) is 24.3 Å². The van der Waals surface area contributed by atoms with Gasteiger partial charge in [0.2, 0.25) is 5.78 Å². The van der Waals surface area contributed by atoms with Gasteiger partial charge in [0.05, 0.1) is 19.3 Å². The number of esters is 2. The zero-order valence-electron chi connectivity index (χ0n) is 31.5. The summed E-state index contributed by atoms with van der Waals surface area (Å²) in [5, 5.41) is 21.0. The first-order valence-corrected chi connectivity index (χ1v) is 18.6. The number of nitrogens with two attached hydrogens (primary N) is 1. The predicted molar refractivity (Wildman–Crippen MR) is 190 cm³/mol. The van der Waals surface area contributed by atoms with Gasteiger partial charge in [-0.2, -0.15) is 0 Å². The molecule has 0 bridgehead atoms. The molecule has 3 fully saturated rings. The molecule has 0 radical (unpaired) electrons. The van der Waals surface area contributed by atoms with Crippen molar-refractivity contribution in [1.82, 2.24) is 0 Å². The highest BCUT2D eigenvalue weighted by atomic mass is 19.1. The van der Waals surface area contributed by atoms with E-state index in [2.05, 4.69) is 4.84 Å². The summed E-state index contributed by atoms with van der Waals surface area (Å²) in [5.74, 6) is -4.07. The molecule has 15 nitrogen and oxygen atoms in total. The Hall–Kier alpha value is -4.70. The third-order valence-corrected chi connectivity index (χ3v) is 12.3. The number of halogens is 1. The quantitative estimate of drug-likeness (QED) is 0.0627. The molecule has 4 aliphatic rings. The Morgan fingerprint density at radius 2 is 1.78 bits per heavy atom. The van der Waals surface area contributed by atoms with E-state index in [4.69, 9.17) is 24.7 Å². The second-order valence-corrected chi connectivity index (χ2v) is 15.4. The van der Waals surface area contributed by atoms with Crippen molar-refractivity contribution in [1.29, 1.82) is 0 Å². The molecule has 3 N–H and O–H groups in total. The number of benzene rings is 1. The van der Waals surface area contributed by atoms with E-state index in [1.54, 1.807) is 45.9 Å². The molecule has 1 aromatic rings. The van der Waals surface area contributed by atoms with Crippen molar-refractivity contribution >= 4 is 29.7 Å². The van der Waals surface area contributed by atoms with Crippen LogP contribution in [0.25, 0.3) is 0 Å². The van der Waals surface area contributed by atoms with Crippen molar-refractivity contribution in [3.8, 4) is 5.75 Å². The highest BCUT2D eigenvalue weighted by Crippen LogP contribution is 2.71. The zero-order chi connectivity index (χ0) is 40.3. The van der Waals surface area contributed by atoms with Gasteiger partial charge in [-0.15, -0.1) is 10.1 Å². The van der Waals surface area contributed by atoms with E-state index in [9.17, 15) is 39.2 Å². The molecule has 4 aliphatic carbocycles. The Bertz CT molecular complexity index is 1750. The second-order valence-electron chi connectivity index (χ2n) is 15.4. The van der Waals surface area contributed by atoms with E-state index in [0.29, 0.717) is 43.2 Å². The number of hydrogen-bond donors (Lipinski definition) is 2. The summed E-state index contributed by atoms with van der Waals surface area (Å²) in [4.78, 5) is 79.0. The average molecular weight is 773 g/mol. The summed E-state index contributed by atoms with van der Waals surface area (Å²) < 4.78 is 39.4. The summed E-state index contributed by atoms with van der Waals surface area (Å²) in [5.41, 5.74) is 0.711. The number of ketones is 2. The Balaban J connectivity index is 1.23. The van der Waals surface area contributed by atoms with Crippen LogP contribution in [0.2, 0.25) is 0 Å². The van der Waals surface area contributed by atoms with Crippen LogP contribution in [0.3, 0.4) is 0 Å². The Kier molecular flexibility index (Phi) is 12.2. The number of carbonyl (C=O) groups is 5. The minimum Gasteiger partial charge on any atom is -0.465 e. The molecule has 0 amide bonds. The number of nitrogens with zero attached hydrogens (tertiary/aromatic N) is 1. The van der Waals surface area contributed by atoms with Gasteiger partial charge in [0.15, 0.2) is 23.7 Å². The maximum Gasteiger partial charge on any atom is 0.514 e. The number of aliphatic hydroxyl groups is 1. The fourth-order valence-electron chi connectivity index (χ4n) is 9.66. The minimum absolute atomic E-state index is 0.0205. The first-order chi connectivity index (χ1) is 25.9. The third kappa shape index (κ3) is 7.62. The molecule has 16 heteroatoms. The number of carbonyl (C=O) groups excluding carboxylic acids is 5. The highest BCUT2D eigenvalue weighted by molar-refractivity contribution is 6.01. The van der Waals surface area contributed by atoms with Crippen LogP contribution in [0.5, 0.6) is 5.75 Å². The summed E-state index contributed by atoms with van der Waals surface area (Å²) in [7, 11) is 0. The second kappa shape index (κ2) is 16.2. The summed E-state index contributed by atoms with van der Waals surface area (Å²) in [6.45, 7) is 5.84. The van der Waals surface area contributed by atoms with Crippen molar-refractivity contribution in [3.63, 3.8) is 0 Å². The lowest BCUT2D eigenvalue weighted by molar-refractivity contribution is -0.757. The number of alkyl halides is 1. The predicted octanol–water partition coefficient (Wildman–Crippen LogP) is 4.48. The van der Waals surface area contributed by atoms with Crippen LogP contribution in [-0.2, 0) is 44.6 Å². The monoisotopic (exact) mass is 772 g/mol. The molecule has 0 saturated heterocycles. The normalized spacial score (nSPS) is 32.5. The van der Waals surface area contributed by atoms with Crippen molar-refractivity contribution < 1.29 is 62.3 Å². The standard InChI is InChI=1S/C39H49FN2O13/c1-5-33(46)55-39(23(2)18-29-28-13-10-25-20-26(43)14-15-36(25,3)38(28,40)31(44)21-37(29,39)4)32(45)22-52-35(48)54-27-11-8-24(9-12-27)19-30(41)34(47)51-16-6-7-17-53-42(49)50/h8-9,11-12,14-15,20,23,28-31,44H,5-7,10,13,16-19,21-22,41H2,1-4H3/t23-,28-,29-,30-,31-,36-,37-,38-,39-/m0/s1. The van der Waals surface area contributed by atoms with Gasteiger partial charge in [-0.25, -0.2) is 9.18 Å². The van der Waals surface area contributed by atoms with Gasteiger partial charge in [-0.3, -0.25) is 19.2 Å². The molecule has 0 spiro atoms. The molecule has 0 aliphatic heterocycles. The van der Waals surface area contributed by atoms with Gasteiger partial charge < -0.3 is 34.6 Å². The van der Waals surface area contributed by atoms with Crippen molar-refractivity contribution in [2.75, 3.05) is 19.8 Å². The minimum atomic E-state index is -2.16. The maximum atomic E-state index is 17.7. The average Bonchev–Trinajstić information content (AvgIpc) is 3.35. The van der Waals surface area contributed by atoms with E-state index < -0.39 is 87.6 Å². The van der Waals surface area contributed by atoms with Crippen LogP contribution in [0, 0.1) is 38.7 Å². The molecular formula is C39H49FN2O13. The molecule has 0 aromatic heterocycles. The molecule has 3 saturated carbocycles. The number of fused-ring (bicyclic) bond motifs is 5. The maximum absolute atomic E-state index is 17.7. The third-order valence-electron chi connectivity index (χ3n) is 12.3. The molecule has 55 heavy (non-hydrogen) atoms. The van der Waals surface area contributed by atoms with Gasteiger partial charge in [0.1, 0.15) is 11.8 Å². The van der Waals surface area contributed by atoms with Gasteiger partial charge >= 0.3 is 18.1 Å². The van der Waals surface area contributed by atoms with E-state index in [-0.39, 0.29) is 44.0 Å². The summed E-state index contributed by atoms with van der Waals surface area (Å²) in [6, 6.07) is 5.03. The number of unbranched alkanes of at least 4 members (excludes halogenated alkanes) is 1. The first-order valence-electron chi connectivity index (χ1n) is 18.6. The smallest absolute Gasteiger partial charge is 0.465 e. The van der Waals surface area contributed by atoms with Crippen LogP contribution in [0.4, 0.5) is 9.18 Å². The number of ether oxygens (including phenoxy) is 4. The molecule has 300 valence electrons. The van der Waals surface area contributed by atoms with Crippen LogP contribution in [-0.4, -0.2) is 83.1 Å². The lowest BCUT2D eigenvalue weighted by atomic mass is 9.44. The van der Waals surface area contributed by atoms with E-state index in [1.807, 2.05) is 0 Å². The SMILES string of the molecule is CCC(=O)O[C@]1(C(=O)COC(=O)Oc2ccc(C[C@H](N)C(=O)OCCCCO[N+](=O)[O-])cc2)[C@@H](C)C[C@H]2[C@@H]3CCC4=CC(=O)C=C[C@]4(C)[C@@]3(F)[C@@H](O)C[C@@]21C. The van der Waals surface area contributed by atoms with Gasteiger partial charge in [0, 0.05) is 29.1 Å². The van der Waals surface area contributed by atoms with Gasteiger partial charge in [-0.05, 0) is 87.6 Å². The molecular weight excluding hydrogens is 723 g/mol. The van der Waals surface area contributed by atoms with Crippen LogP contribution in [0.15, 0.2) is 48.1 Å². The number of hydrogen-bond acceptors (Lipinski definition) is 14. The highest BCUT2D eigenvalue weighted by Gasteiger charge is 2.77. The topological polar surface area (TPSA) is 221 Å². The number of allylic oxidation sites excluding steroid dienone is 4. The van der Waals surface area contributed by atoms with Gasteiger partial charge in [-0.1, -0.05) is 44.6 Å². The first kappa shape index (κ1) is 41.5. The zero-order valence-corrected chi connectivity index (χ0v) is 31.5. The largest absolute Gasteiger partial charge is 0.514 e. The number of aliphatic hydroxyl groups excluding tert-OH is 1. The Morgan fingerprint density at radius 3 is 2.45 bits per heavy atom. The molecule has 1 aromatic carbocycles. The van der Waals surface area contributed by atoms with Gasteiger partial charge in [0.25, 0.3) is 5.09 Å². The molecule has 0 heterocycles. The summed E-state index contributed by atoms with van der Waals surface area (Å²) in [6.07, 6.45) is 3.08. The van der Waals surface area contributed by atoms with Crippen LogP contribution >= 0.6 is 0 Å². The fourth-order valence-corrected chi connectivity index (χ4v) is 9.66. The summed E-state index contributed by atoms with van der Waals surface area (Å²) >= 11 is 0. The molecule has 5 rings (SSSR count). The van der Waals surface area contributed by atoms with Crippen LogP contribution in [0.1, 0.15) is 78.2 Å². The van der Waals surface area contributed by atoms with Crippen molar-refractivity contribution in [2.24, 2.45) is 34.3 Å².